The number of aryl methyl sites for hydroxylation is 1. The van der Waals surface area contributed by atoms with Gasteiger partial charge in [-0.3, -0.25) is 9.59 Å². The van der Waals surface area contributed by atoms with E-state index in [2.05, 4.69) is 5.32 Å². The number of rotatable bonds is 6. The summed E-state index contributed by atoms with van der Waals surface area (Å²) in [6.45, 7) is 6.24. The highest BCUT2D eigenvalue weighted by Crippen LogP contribution is 2.33. The summed E-state index contributed by atoms with van der Waals surface area (Å²) in [5.74, 6) is -0.130. The molecule has 0 aliphatic heterocycles. The summed E-state index contributed by atoms with van der Waals surface area (Å²) in [7, 11) is 0. The van der Waals surface area contributed by atoms with E-state index < -0.39 is 5.91 Å². The molecule has 0 atom stereocenters. The van der Waals surface area contributed by atoms with E-state index in [9.17, 15) is 9.59 Å². The summed E-state index contributed by atoms with van der Waals surface area (Å²) < 4.78 is 11.3. The van der Waals surface area contributed by atoms with Crippen molar-refractivity contribution in [3.8, 4) is 5.75 Å². The number of anilines is 1. The van der Waals surface area contributed by atoms with Crippen molar-refractivity contribution in [1.82, 2.24) is 0 Å². The molecule has 0 aliphatic rings. The topological polar surface area (TPSA) is 94.6 Å². The number of carbonyl (C=O) groups excluding carboxylic acids is 2. The van der Waals surface area contributed by atoms with Gasteiger partial charge in [0.2, 0.25) is 11.8 Å². The van der Waals surface area contributed by atoms with Crippen molar-refractivity contribution in [2.75, 3.05) is 11.9 Å². The largest absolute Gasteiger partial charge is 0.493 e. The number of ether oxygens (including phenoxy) is 1. The number of amides is 2. The number of nitrogens with one attached hydrogen (secondary N) is 1. The molecule has 3 N–H and O–H groups in total. The number of carbonyl (C=O) groups is 2. The Morgan fingerprint density at radius 3 is 2.57 bits per heavy atom. The molecule has 28 heavy (non-hydrogen) atoms. The van der Waals surface area contributed by atoms with Crippen LogP contribution in [0, 0.1) is 6.92 Å². The quantitative estimate of drug-likeness (QED) is 0.626. The van der Waals surface area contributed by atoms with Crippen LogP contribution < -0.4 is 15.8 Å². The Labute approximate surface area is 163 Å². The molecule has 0 aliphatic carbocycles. The van der Waals surface area contributed by atoms with Crippen LogP contribution >= 0.6 is 0 Å². The van der Waals surface area contributed by atoms with E-state index in [4.69, 9.17) is 14.9 Å². The number of fused-ring (bicyclic) bond motifs is 1. The lowest BCUT2D eigenvalue weighted by atomic mass is 10.0. The van der Waals surface area contributed by atoms with E-state index >= 15 is 0 Å². The number of hydrogen-bond donors (Lipinski definition) is 2. The van der Waals surface area contributed by atoms with Crippen LogP contribution in [0.5, 0.6) is 5.75 Å². The van der Waals surface area contributed by atoms with Crippen molar-refractivity contribution in [2.45, 2.75) is 20.8 Å². The molecule has 0 spiro atoms. The first-order chi connectivity index (χ1) is 13.4. The summed E-state index contributed by atoms with van der Waals surface area (Å²) in [4.78, 5) is 23.6. The Kier molecular flexibility index (Phi) is 5.49. The van der Waals surface area contributed by atoms with Crippen molar-refractivity contribution in [1.29, 1.82) is 0 Å². The number of hydrogen-bond acceptors (Lipinski definition) is 4. The molecule has 1 heterocycles. The highest BCUT2D eigenvalue weighted by Gasteiger charge is 2.13. The Morgan fingerprint density at radius 2 is 1.93 bits per heavy atom. The Hall–Kier alpha value is -3.54. The second-order valence-corrected chi connectivity index (χ2v) is 6.45. The van der Waals surface area contributed by atoms with Gasteiger partial charge in [0.15, 0.2) is 0 Å². The highest BCUT2D eigenvalue weighted by atomic mass is 16.5. The van der Waals surface area contributed by atoms with Crippen LogP contribution in [0.1, 0.15) is 35.3 Å². The third-order valence-corrected chi connectivity index (χ3v) is 4.38. The zero-order valence-corrected chi connectivity index (χ0v) is 16.0. The zero-order valence-electron chi connectivity index (χ0n) is 16.0. The van der Waals surface area contributed by atoms with Crippen LogP contribution in [-0.2, 0) is 4.79 Å². The fourth-order valence-corrected chi connectivity index (χ4v) is 2.94. The minimum atomic E-state index is -0.512. The summed E-state index contributed by atoms with van der Waals surface area (Å²) in [5, 5.41) is 3.76. The van der Waals surface area contributed by atoms with Gasteiger partial charge in [0.25, 0.3) is 0 Å². The number of furan rings is 1. The molecule has 0 bridgehead atoms. The van der Waals surface area contributed by atoms with Gasteiger partial charge in [-0.15, -0.1) is 0 Å². The van der Waals surface area contributed by atoms with Gasteiger partial charge in [-0.25, -0.2) is 0 Å². The minimum Gasteiger partial charge on any atom is -0.493 e. The van der Waals surface area contributed by atoms with E-state index in [1.807, 2.05) is 32.9 Å². The van der Waals surface area contributed by atoms with Gasteiger partial charge >= 0.3 is 0 Å². The zero-order chi connectivity index (χ0) is 20.3. The maximum atomic E-state index is 12.4. The first-order valence-corrected chi connectivity index (χ1v) is 8.93. The van der Waals surface area contributed by atoms with E-state index in [0.717, 1.165) is 27.7 Å². The molecule has 3 rings (SSSR count). The summed E-state index contributed by atoms with van der Waals surface area (Å²) in [5.41, 5.74) is 9.54. The Balaban J connectivity index is 1.87. The van der Waals surface area contributed by atoms with Crippen LogP contribution in [0.25, 0.3) is 16.5 Å². The van der Waals surface area contributed by atoms with Crippen LogP contribution in [0.3, 0.4) is 0 Å². The smallest absolute Gasteiger partial charge is 0.248 e. The molecule has 0 unspecified atom stereocenters. The SMILES string of the molecule is CCOc1cc2occ(C)c2cc1/C(C)=C/C(=O)Nc1ccc(C(N)=O)cc1. The van der Waals surface area contributed by atoms with Crippen LogP contribution in [-0.4, -0.2) is 18.4 Å². The molecule has 6 nitrogen and oxygen atoms in total. The fourth-order valence-electron chi connectivity index (χ4n) is 2.94. The van der Waals surface area contributed by atoms with Gasteiger partial charge in [-0.2, -0.15) is 0 Å². The summed E-state index contributed by atoms with van der Waals surface area (Å²) in [6.07, 6.45) is 3.22. The lowest BCUT2D eigenvalue weighted by molar-refractivity contribution is -0.111. The van der Waals surface area contributed by atoms with Crippen LogP contribution in [0.2, 0.25) is 0 Å². The number of primary amides is 1. The average molecular weight is 378 g/mol. The van der Waals surface area contributed by atoms with Crippen molar-refractivity contribution < 1.29 is 18.7 Å². The molecule has 144 valence electrons. The monoisotopic (exact) mass is 378 g/mol. The second-order valence-electron chi connectivity index (χ2n) is 6.45. The average Bonchev–Trinajstić information content (AvgIpc) is 3.01. The van der Waals surface area contributed by atoms with Crippen molar-refractivity contribution in [2.24, 2.45) is 5.73 Å². The number of benzene rings is 2. The molecule has 0 saturated carbocycles. The highest BCUT2D eigenvalue weighted by molar-refractivity contribution is 6.05. The van der Waals surface area contributed by atoms with Crippen LogP contribution in [0.4, 0.5) is 5.69 Å². The first-order valence-electron chi connectivity index (χ1n) is 8.93. The Bertz CT molecular complexity index is 1060. The van der Waals surface area contributed by atoms with Gasteiger partial charge in [0.1, 0.15) is 11.3 Å². The molecule has 2 amide bonds. The normalized spacial score (nSPS) is 11.5. The van der Waals surface area contributed by atoms with Gasteiger partial charge in [-0.1, -0.05) is 0 Å². The van der Waals surface area contributed by atoms with E-state index in [0.29, 0.717) is 23.6 Å². The molecule has 0 radical (unpaired) electrons. The predicted octanol–water partition coefficient (Wildman–Crippen LogP) is 4.28. The third-order valence-electron chi connectivity index (χ3n) is 4.38. The summed E-state index contributed by atoms with van der Waals surface area (Å²) in [6, 6.07) is 10.2. The first kappa shape index (κ1) is 19.2. The van der Waals surface area contributed by atoms with Crippen molar-refractivity contribution in [3.05, 3.63) is 65.4 Å². The molecular formula is C22H22N2O4. The lowest BCUT2D eigenvalue weighted by Crippen LogP contribution is -2.12. The second kappa shape index (κ2) is 8.00. The van der Waals surface area contributed by atoms with Crippen molar-refractivity contribution >= 4 is 34.0 Å². The Morgan fingerprint density at radius 1 is 1.21 bits per heavy atom. The number of allylic oxidation sites excluding steroid dienone is 1. The van der Waals surface area contributed by atoms with Gasteiger partial charge in [0.05, 0.1) is 12.9 Å². The standard InChI is InChI=1S/C22H22N2O4/c1-4-27-19-11-20-18(14(3)12-28-20)10-17(19)13(2)9-21(25)24-16-7-5-15(6-8-16)22(23)26/h5-12H,4H2,1-3H3,(H2,23,26)(H,24,25)/b13-9+. The van der Waals surface area contributed by atoms with Gasteiger partial charge < -0.3 is 20.2 Å². The molecule has 3 aromatic rings. The van der Waals surface area contributed by atoms with Crippen molar-refractivity contribution in [3.63, 3.8) is 0 Å². The fraction of sp³-hybridized carbons (Fsp3) is 0.182. The molecule has 6 heteroatoms. The molecule has 0 saturated heterocycles. The predicted molar refractivity (Wildman–Crippen MR) is 109 cm³/mol. The molecule has 2 aromatic carbocycles. The van der Waals surface area contributed by atoms with E-state index in [1.54, 1.807) is 30.5 Å². The van der Waals surface area contributed by atoms with E-state index in [1.165, 1.54) is 6.08 Å². The van der Waals surface area contributed by atoms with Gasteiger partial charge in [0, 0.05) is 34.3 Å². The van der Waals surface area contributed by atoms with Gasteiger partial charge in [-0.05, 0) is 62.2 Å². The maximum Gasteiger partial charge on any atom is 0.248 e. The van der Waals surface area contributed by atoms with Crippen LogP contribution in [0.15, 0.2) is 53.2 Å². The summed E-state index contributed by atoms with van der Waals surface area (Å²) >= 11 is 0. The lowest BCUT2D eigenvalue weighted by Gasteiger charge is -2.11. The minimum absolute atomic E-state index is 0.282. The molecular weight excluding hydrogens is 356 g/mol. The number of nitrogens with two attached hydrogens (primary N) is 1. The maximum absolute atomic E-state index is 12.4. The molecule has 0 fully saturated rings. The molecule has 1 aromatic heterocycles. The third kappa shape index (κ3) is 4.06. The van der Waals surface area contributed by atoms with E-state index in [-0.39, 0.29) is 5.91 Å².